The van der Waals surface area contributed by atoms with Crippen LogP contribution in [0.15, 0.2) is 17.0 Å². The second-order valence-corrected chi connectivity index (χ2v) is 5.91. The summed E-state index contributed by atoms with van der Waals surface area (Å²) in [5, 5.41) is 10.5. The smallest absolute Gasteiger partial charge is 0.274 e. The number of nitrogen functional groups attached to an aromatic ring is 1. The van der Waals surface area contributed by atoms with Gasteiger partial charge in [0.25, 0.3) is 5.69 Å². The molecule has 0 aliphatic heterocycles. The lowest BCUT2D eigenvalue weighted by molar-refractivity contribution is -0.385. The third kappa shape index (κ3) is 3.87. The maximum atomic E-state index is 13.7. The SMILES string of the molecule is CCCCCNS(=O)(=O)c1c(N)cc([N+](=O)[O-])cc1F. The van der Waals surface area contributed by atoms with E-state index < -0.39 is 37.0 Å². The molecule has 0 aromatic heterocycles. The normalized spacial score (nSPS) is 11.5. The molecule has 0 bridgehead atoms. The van der Waals surface area contributed by atoms with Crippen molar-refractivity contribution in [3.63, 3.8) is 0 Å². The lowest BCUT2D eigenvalue weighted by Crippen LogP contribution is -2.26. The average molecular weight is 305 g/mol. The van der Waals surface area contributed by atoms with Crippen molar-refractivity contribution in [3.05, 3.63) is 28.1 Å². The largest absolute Gasteiger partial charge is 0.397 e. The second kappa shape index (κ2) is 6.62. The number of nitro benzene ring substituents is 1. The summed E-state index contributed by atoms with van der Waals surface area (Å²) < 4.78 is 39.8. The van der Waals surface area contributed by atoms with Crippen molar-refractivity contribution in [2.75, 3.05) is 12.3 Å². The fourth-order valence-corrected chi connectivity index (χ4v) is 2.88. The second-order valence-electron chi connectivity index (χ2n) is 4.21. The molecule has 0 heterocycles. The summed E-state index contributed by atoms with van der Waals surface area (Å²) in [5.74, 6) is -1.24. The molecule has 0 atom stereocenters. The molecule has 0 amide bonds. The van der Waals surface area contributed by atoms with Crippen molar-refractivity contribution >= 4 is 21.4 Å². The molecule has 1 aromatic carbocycles. The Balaban J connectivity index is 3.03. The van der Waals surface area contributed by atoms with Gasteiger partial charge < -0.3 is 5.73 Å². The highest BCUT2D eigenvalue weighted by atomic mass is 32.2. The Morgan fingerprint density at radius 3 is 2.55 bits per heavy atom. The number of hydrogen-bond donors (Lipinski definition) is 2. The van der Waals surface area contributed by atoms with E-state index in [0.29, 0.717) is 12.5 Å². The Kier molecular flexibility index (Phi) is 5.40. The van der Waals surface area contributed by atoms with Gasteiger partial charge in [0.2, 0.25) is 10.0 Å². The first kappa shape index (κ1) is 16.3. The van der Waals surface area contributed by atoms with Gasteiger partial charge in [-0.2, -0.15) is 0 Å². The maximum Gasteiger partial charge on any atom is 0.274 e. The molecule has 0 saturated heterocycles. The van der Waals surface area contributed by atoms with Crippen LogP contribution in [0.25, 0.3) is 0 Å². The first-order chi connectivity index (χ1) is 9.29. The quantitative estimate of drug-likeness (QED) is 0.345. The highest BCUT2D eigenvalue weighted by Gasteiger charge is 2.25. The van der Waals surface area contributed by atoms with Crippen LogP contribution in [-0.4, -0.2) is 19.9 Å². The monoisotopic (exact) mass is 305 g/mol. The molecule has 3 N–H and O–H groups in total. The van der Waals surface area contributed by atoms with E-state index in [9.17, 15) is 22.9 Å². The molecule has 9 heteroatoms. The molecule has 0 spiro atoms. The lowest BCUT2D eigenvalue weighted by atomic mass is 10.3. The van der Waals surface area contributed by atoms with E-state index in [1.807, 2.05) is 6.92 Å². The Bertz CT molecular complexity index is 581. The number of hydrogen-bond acceptors (Lipinski definition) is 5. The highest BCUT2D eigenvalue weighted by molar-refractivity contribution is 7.89. The molecular formula is C11H16FN3O4S. The van der Waals surface area contributed by atoms with Crippen LogP contribution in [0.5, 0.6) is 0 Å². The molecule has 0 fully saturated rings. The summed E-state index contributed by atoms with van der Waals surface area (Å²) in [7, 11) is -4.12. The minimum atomic E-state index is -4.12. The van der Waals surface area contributed by atoms with Crippen LogP contribution in [0.4, 0.5) is 15.8 Å². The molecule has 1 rings (SSSR count). The Hall–Kier alpha value is -1.74. The van der Waals surface area contributed by atoms with E-state index in [2.05, 4.69) is 4.72 Å². The van der Waals surface area contributed by atoms with Crippen LogP contribution in [0, 0.1) is 15.9 Å². The van der Waals surface area contributed by atoms with Crippen LogP contribution in [0.1, 0.15) is 26.2 Å². The van der Waals surface area contributed by atoms with E-state index >= 15 is 0 Å². The third-order valence-electron chi connectivity index (χ3n) is 2.61. The number of nitrogens with two attached hydrogens (primary N) is 1. The number of unbranched alkanes of at least 4 members (excludes halogenated alkanes) is 2. The van der Waals surface area contributed by atoms with Crippen LogP contribution < -0.4 is 10.5 Å². The van der Waals surface area contributed by atoms with Crippen molar-refractivity contribution in [2.24, 2.45) is 0 Å². The number of non-ortho nitro benzene ring substituents is 1. The standard InChI is InChI=1S/C11H16FN3O4S/c1-2-3-4-5-14-20(18,19)11-9(12)6-8(15(16)17)7-10(11)13/h6-7,14H,2-5,13H2,1H3. The number of nitrogens with one attached hydrogen (secondary N) is 1. The summed E-state index contributed by atoms with van der Waals surface area (Å²) in [6, 6.07) is 1.36. The fraction of sp³-hybridized carbons (Fsp3) is 0.455. The molecule has 20 heavy (non-hydrogen) atoms. The zero-order chi connectivity index (χ0) is 15.3. The molecule has 1 aromatic rings. The molecule has 0 aliphatic carbocycles. The van der Waals surface area contributed by atoms with Gasteiger partial charge in [-0.15, -0.1) is 0 Å². The van der Waals surface area contributed by atoms with E-state index in [1.54, 1.807) is 0 Å². The number of benzene rings is 1. The Labute approximate surface area is 116 Å². The molecular weight excluding hydrogens is 289 g/mol. The minimum Gasteiger partial charge on any atom is -0.397 e. The van der Waals surface area contributed by atoms with Crippen molar-refractivity contribution in [1.82, 2.24) is 4.72 Å². The predicted molar refractivity (Wildman–Crippen MR) is 72.2 cm³/mol. The van der Waals surface area contributed by atoms with Crippen LogP contribution in [0.2, 0.25) is 0 Å². The lowest BCUT2D eigenvalue weighted by Gasteiger charge is -2.09. The Morgan fingerprint density at radius 2 is 2.05 bits per heavy atom. The zero-order valence-electron chi connectivity index (χ0n) is 10.9. The van der Waals surface area contributed by atoms with Gasteiger partial charge in [0, 0.05) is 12.6 Å². The summed E-state index contributed by atoms with van der Waals surface area (Å²) >= 11 is 0. The molecule has 0 unspecified atom stereocenters. The van der Waals surface area contributed by atoms with Crippen molar-refractivity contribution in [3.8, 4) is 0 Å². The molecule has 0 radical (unpaired) electrons. The van der Waals surface area contributed by atoms with Gasteiger partial charge in [-0.05, 0) is 6.42 Å². The Morgan fingerprint density at radius 1 is 1.40 bits per heavy atom. The third-order valence-corrected chi connectivity index (χ3v) is 4.16. The molecule has 0 aliphatic rings. The highest BCUT2D eigenvalue weighted by Crippen LogP contribution is 2.27. The number of sulfonamides is 1. The first-order valence-corrected chi connectivity index (χ1v) is 7.51. The van der Waals surface area contributed by atoms with E-state index in [4.69, 9.17) is 5.73 Å². The zero-order valence-corrected chi connectivity index (χ0v) is 11.7. The molecule has 0 saturated carbocycles. The maximum absolute atomic E-state index is 13.7. The van der Waals surface area contributed by atoms with Crippen molar-refractivity contribution in [1.29, 1.82) is 0 Å². The van der Waals surface area contributed by atoms with Crippen LogP contribution in [0.3, 0.4) is 0 Å². The van der Waals surface area contributed by atoms with Gasteiger partial charge in [-0.1, -0.05) is 19.8 Å². The van der Waals surface area contributed by atoms with Crippen LogP contribution in [-0.2, 0) is 10.0 Å². The van der Waals surface area contributed by atoms with E-state index in [0.717, 1.165) is 18.9 Å². The number of rotatable bonds is 7. The molecule has 7 nitrogen and oxygen atoms in total. The van der Waals surface area contributed by atoms with Gasteiger partial charge in [-0.25, -0.2) is 17.5 Å². The van der Waals surface area contributed by atoms with Crippen molar-refractivity contribution < 1.29 is 17.7 Å². The topological polar surface area (TPSA) is 115 Å². The number of nitrogens with zero attached hydrogens (tertiary/aromatic N) is 1. The number of halogens is 1. The number of anilines is 1. The first-order valence-electron chi connectivity index (χ1n) is 6.02. The van der Waals surface area contributed by atoms with Crippen molar-refractivity contribution in [2.45, 2.75) is 31.1 Å². The summed E-state index contributed by atoms with van der Waals surface area (Å²) in [6.45, 7) is 2.12. The van der Waals surface area contributed by atoms with E-state index in [-0.39, 0.29) is 6.54 Å². The summed E-state index contributed by atoms with van der Waals surface area (Å²) in [4.78, 5) is 8.94. The summed E-state index contributed by atoms with van der Waals surface area (Å²) in [6.07, 6.45) is 2.36. The predicted octanol–water partition coefficient (Wildman–Crippen LogP) is 1.78. The average Bonchev–Trinajstić information content (AvgIpc) is 2.33. The van der Waals surface area contributed by atoms with Gasteiger partial charge >= 0.3 is 0 Å². The van der Waals surface area contributed by atoms with Gasteiger partial charge in [0.05, 0.1) is 16.7 Å². The number of nitro groups is 1. The van der Waals surface area contributed by atoms with Gasteiger partial charge in [0.1, 0.15) is 4.90 Å². The summed E-state index contributed by atoms with van der Waals surface area (Å²) in [5.41, 5.74) is 4.33. The van der Waals surface area contributed by atoms with E-state index in [1.165, 1.54) is 0 Å². The van der Waals surface area contributed by atoms with Gasteiger partial charge in [0.15, 0.2) is 5.82 Å². The fourth-order valence-electron chi connectivity index (χ4n) is 1.64. The van der Waals surface area contributed by atoms with Crippen LogP contribution >= 0.6 is 0 Å². The van der Waals surface area contributed by atoms with Gasteiger partial charge in [-0.3, -0.25) is 10.1 Å². The minimum absolute atomic E-state index is 0.159. The molecule has 112 valence electrons.